The Morgan fingerprint density at radius 1 is 1.38 bits per heavy atom. The van der Waals surface area contributed by atoms with Crippen LogP contribution in [0.15, 0.2) is 0 Å². The Balaban J connectivity index is 2.58. The highest BCUT2D eigenvalue weighted by molar-refractivity contribution is 5.79. The molecule has 1 atom stereocenters. The number of nitrogens with zero attached hydrogens (tertiary/aromatic N) is 1. The number of carbonyl (C=O) groups is 1. The monoisotopic (exact) mass is 226 g/mol. The number of nitrogens with one attached hydrogen (secondary N) is 1. The minimum Gasteiger partial charge on any atom is -0.340 e. The zero-order valence-electron chi connectivity index (χ0n) is 11.1. The van der Waals surface area contributed by atoms with Gasteiger partial charge in [-0.25, -0.2) is 0 Å². The largest absolute Gasteiger partial charge is 0.340 e. The fourth-order valence-electron chi connectivity index (χ4n) is 2.25. The van der Waals surface area contributed by atoms with Gasteiger partial charge < -0.3 is 10.2 Å². The number of piperidine rings is 1. The van der Waals surface area contributed by atoms with Crippen LogP contribution in [0.4, 0.5) is 0 Å². The molecule has 0 aromatic heterocycles. The van der Waals surface area contributed by atoms with Gasteiger partial charge in [0, 0.05) is 19.1 Å². The van der Waals surface area contributed by atoms with E-state index in [-0.39, 0.29) is 5.92 Å². The van der Waals surface area contributed by atoms with Crippen molar-refractivity contribution in [2.75, 3.05) is 19.6 Å². The highest BCUT2D eigenvalue weighted by Gasteiger charge is 2.27. The van der Waals surface area contributed by atoms with Crippen LogP contribution >= 0.6 is 0 Å². The topological polar surface area (TPSA) is 32.3 Å². The smallest absolute Gasteiger partial charge is 0.227 e. The molecule has 94 valence electrons. The Labute approximate surface area is 99.6 Å². The molecule has 0 aliphatic carbocycles. The summed E-state index contributed by atoms with van der Waals surface area (Å²) in [5.74, 6) is 1.09. The van der Waals surface area contributed by atoms with Crippen molar-refractivity contribution in [2.24, 2.45) is 11.8 Å². The molecule has 16 heavy (non-hydrogen) atoms. The molecule has 1 aliphatic rings. The summed E-state index contributed by atoms with van der Waals surface area (Å²) in [4.78, 5) is 14.4. The summed E-state index contributed by atoms with van der Waals surface area (Å²) < 4.78 is 0. The lowest BCUT2D eigenvalue weighted by atomic mass is 9.97. The fourth-order valence-corrected chi connectivity index (χ4v) is 2.25. The molecule has 1 amide bonds. The van der Waals surface area contributed by atoms with Crippen LogP contribution in [0.25, 0.3) is 0 Å². The molecule has 1 rings (SSSR count). The summed E-state index contributed by atoms with van der Waals surface area (Å²) in [5.41, 5.74) is 0. The van der Waals surface area contributed by atoms with Crippen LogP contribution in [0.2, 0.25) is 0 Å². The van der Waals surface area contributed by atoms with Crippen molar-refractivity contribution in [1.82, 2.24) is 10.2 Å². The van der Waals surface area contributed by atoms with E-state index in [0.29, 0.717) is 17.9 Å². The zero-order valence-corrected chi connectivity index (χ0v) is 11.1. The van der Waals surface area contributed by atoms with Crippen LogP contribution in [-0.2, 0) is 4.79 Å². The standard InChI is InChI=1S/C13H26N2O/c1-10(2)9-15(11(3)4)13(16)12-6-5-7-14-8-12/h10-12,14H,5-9H2,1-4H3. The number of carbonyl (C=O) groups excluding carboxylic acids is 1. The summed E-state index contributed by atoms with van der Waals surface area (Å²) in [6.07, 6.45) is 2.18. The Kier molecular flexibility index (Phi) is 5.26. The van der Waals surface area contributed by atoms with Crippen molar-refractivity contribution in [3.8, 4) is 0 Å². The van der Waals surface area contributed by atoms with E-state index in [2.05, 4.69) is 33.0 Å². The van der Waals surface area contributed by atoms with E-state index in [1.54, 1.807) is 0 Å². The summed E-state index contributed by atoms with van der Waals surface area (Å²) >= 11 is 0. The van der Waals surface area contributed by atoms with Gasteiger partial charge in [0.2, 0.25) is 5.91 Å². The summed E-state index contributed by atoms with van der Waals surface area (Å²) in [7, 11) is 0. The first-order valence-electron chi connectivity index (χ1n) is 6.53. The minimum atomic E-state index is 0.204. The van der Waals surface area contributed by atoms with Gasteiger partial charge in [-0.1, -0.05) is 13.8 Å². The van der Waals surface area contributed by atoms with Crippen LogP contribution < -0.4 is 5.32 Å². The molecule has 0 bridgehead atoms. The number of amides is 1. The lowest BCUT2D eigenvalue weighted by Crippen LogP contribution is -2.47. The van der Waals surface area contributed by atoms with E-state index in [1.807, 2.05) is 4.90 Å². The molecule has 1 N–H and O–H groups in total. The fraction of sp³-hybridized carbons (Fsp3) is 0.923. The lowest BCUT2D eigenvalue weighted by Gasteiger charge is -2.33. The van der Waals surface area contributed by atoms with Gasteiger partial charge >= 0.3 is 0 Å². The summed E-state index contributed by atoms with van der Waals surface area (Å²) in [6, 6.07) is 0.317. The molecular weight excluding hydrogens is 200 g/mol. The van der Waals surface area contributed by atoms with Crippen LogP contribution in [0.5, 0.6) is 0 Å². The van der Waals surface area contributed by atoms with Crippen molar-refractivity contribution in [3.63, 3.8) is 0 Å². The van der Waals surface area contributed by atoms with Crippen LogP contribution in [-0.4, -0.2) is 36.5 Å². The van der Waals surface area contributed by atoms with Crippen LogP contribution in [0, 0.1) is 11.8 Å². The van der Waals surface area contributed by atoms with Crippen molar-refractivity contribution in [3.05, 3.63) is 0 Å². The van der Waals surface area contributed by atoms with Gasteiger partial charge in [0.1, 0.15) is 0 Å². The van der Waals surface area contributed by atoms with Gasteiger partial charge in [0.25, 0.3) is 0 Å². The molecular formula is C13H26N2O. The second-order valence-electron chi connectivity index (χ2n) is 5.52. The number of rotatable bonds is 4. The first kappa shape index (κ1) is 13.5. The average Bonchev–Trinajstić information content (AvgIpc) is 2.25. The molecule has 1 unspecified atom stereocenters. The van der Waals surface area contributed by atoms with Gasteiger partial charge in [-0.3, -0.25) is 4.79 Å². The third kappa shape index (κ3) is 3.78. The summed E-state index contributed by atoms with van der Waals surface area (Å²) in [5, 5.41) is 3.32. The van der Waals surface area contributed by atoms with E-state index in [4.69, 9.17) is 0 Å². The maximum atomic E-state index is 12.4. The average molecular weight is 226 g/mol. The maximum absolute atomic E-state index is 12.4. The zero-order chi connectivity index (χ0) is 12.1. The van der Waals surface area contributed by atoms with E-state index in [1.165, 1.54) is 0 Å². The summed E-state index contributed by atoms with van der Waals surface area (Å²) in [6.45, 7) is 11.4. The first-order chi connectivity index (χ1) is 7.52. The van der Waals surface area contributed by atoms with E-state index >= 15 is 0 Å². The predicted molar refractivity (Wildman–Crippen MR) is 67.3 cm³/mol. The van der Waals surface area contributed by atoms with Gasteiger partial charge in [-0.05, 0) is 39.2 Å². The van der Waals surface area contributed by atoms with Crippen LogP contribution in [0.1, 0.15) is 40.5 Å². The number of hydrogen-bond donors (Lipinski definition) is 1. The lowest BCUT2D eigenvalue weighted by molar-refractivity contribution is -0.138. The highest BCUT2D eigenvalue weighted by Crippen LogP contribution is 2.16. The second-order valence-corrected chi connectivity index (χ2v) is 5.52. The van der Waals surface area contributed by atoms with Gasteiger partial charge in [-0.15, -0.1) is 0 Å². The van der Waals surface area contributed by atoms with Crippen molar-refractivity contribution >= 4 is 5.91 Å². The molecule has 1 fully saturated rings. The van der Waals surface area contributed by atoms with Gasteiger partial charge in [0.15, 0.2) is 0 Å². The first-order valence-corrected chi connectivity index (χ1v) is 6.53. The molecule has 0 aromatic carbocycles. The Morgan fingerprint density at radius 3 is 2.50 bits per heavy atom. The molecule has 3 heteroatoms. The maximum Gasteiger partial charge on any atom is 0.227 e. The quantitative estimate of drug-likeness (QED) is 0.794. The molecule has 0 spiro atoms. The molecule has 1 heterocycles. The molecule has 0 saturated carbocycles. The Bertz CT molecular complexity index is 220. The second kappa shape index (κ2) is 6.24. The molecule has 0 aromatic rings. The van der Waals surface area contributed by atoms with Crippen LogP contribution in [0.3, 0.4) is 0 Å². The third-order valence-electron chi connectivity index (χ3n) is 3.11. The van der Waals surface area contributed by atoms with Crippen molar-refractivity contribution in [1.29, 1.82) is 0 Å². The number of hydrogen-bond acceptors (Lipinski definition) is 2. The molecule has 3 nitrogen and oxygen atoms in total. The molecule has 1 saturated heterocycles. The van der Waals surface area contributed by atoms with Crippen molar-refractivity contribution < 1.29 is 4.79 Å². The highest BCUT2D eigenvalue weighted by atomic mass is 16.2. The van der Waals surface area contributed by atoms with Gasteiger partial charge in [0.05, 0.1) is 5.92 Å². The third-order valence-corrected chi connectivity index (χ3v) is 3.11. The molecule has 0 radical (unpaired) electrons. The normalized spacial score (nSPS) is 21.5. The minimum absolute atomic E-state index is 0.204. The van der Waals surface area contributed by atoms with Gasteiger partial charge in [-0.2, -0.15) is 0 Å². The molecule has 1 aliphatic heterocycles. The van der Waals surface area contributed by atoms with Crippen molar-refractivity contribution in [2.45, 2.75) is 46.6 Å². The predicted octanol–water partition coefficient (Wildman–Crippen LogP) is 1.88. The van der Waals surface area contributed by atoms with E-state index in [0.717, 1.165) is 32.5 Å². The van der Waals surface area contributed by atoms with E-state index < -0.39 is 0 Å². The Morgan fingerprint density at radius 2 is 2.06 bits per heavy atom. The Hall–Kier alpha value is -0.570. The SMILES string of the molecule is CC(C)CN(C(=O)C1CCCNC1)C(C)C. The van der Waals surface area contributed by atoms with E-state index in [9.17, 15) is 4.79 Å².